The van der Waals surface area contributed by atoms with Crippen LogP contribution in [-0.2, 0) is 5.41 Å². The molecule has 154 valence electrons. The Balaban J connectivity index is 0.000000757. The van der Waals surface area contributed by atoms with Gasteiger partial charge in [0, 0.05) is 0 Å². The van der Waals surface area contributed by atoms with Crippen LogP contribution in [0.15, 0.2) is 115 Å². The number of fused-ring (bicyclic) bond motifs is 1. The first-order valence-electron chi connectivity index (χ1n) is 11.0. The van der Waals surface area contributed by atoms with Crippen molar-refractivity contribution in [3.05, 3.63) is 138 Å². The molecule has 0 saturated carbocycles. The van der Waals surface area contributed by atoms with E-state index in [9.17, 15) is 0 Å². The molecule has 1 aliphatic carbocycles. The van der Waals surface area contributed by atoms with Crippen LogP contribution in [0.1, 0.15) is 56.9 Å². The van der Waals surface area contributed by atoms with Gasteiger partial charge in [0.2, 0.25) is 0 Å². The van der Waals surface area contributed by atoms with E-state index < -0.39 is 0 Å². The quantitative estimate of drug-likeness (QED) is 0.415. The van der Waals surface area contributed by atoms with E-state index in [0.29, 0.717) is 0 Å². The topological polar surface area (TPSA) is 0 Å². The van der Waals surface area contributed by atoms with E-state index in [1.165, 1.54) is 33.4 Å². The van der Waals surface area contributed by atoms with E-state index >= 15 is 0 Å². The fourth-order valence-electron chi connectivity index (χ4n) is 4.31. The van der Waals surface area contributed by atoms with E-state index in [0.717, 1.165) is 0 Å². The van der Waals surface area contributed by atoms with Crippen LogP contribution < -0.4 is 0 Å². The van der Waals surface area contributed by atoms with Crippen LogP contribution in [0.5, 0.6) is 0 Å². The molecule has 0 atom stereocenters. The molecule has 0 fully saturated rings. The highest BCUT2D eigenvalue weighted by Crippen LogP contribution is 2.54. The molecule has 4 rings (SSSR count). The van der Waals surface area contributed by atoms with Gasteiger partial charge in [0.05, 0.1) is 5.41 Å². The van der Waals surface area contributed by atoms with Gasteiger partial charge < -0.3 is 0 Å². The monoisotopic (exact) mass is 394 g/mol. The van der Waals surface area contributed by atoms with Crippen molar-refractivity contribution in [2.45, 2.75) is 40.0 Å². The van der Waals surface area contributed by atoms with E-state index in [1.807, 2.05) is 33.8 Å². The molecule has 3 aromatic carbocycles. The average Bonchev–Trinajstić information content (AvgIpc) is 3.13. The summed E-state index contributed by atoms with van der Waals surface area (Å²) < 4.78 is 0. The van der Waals surface area contributed by atoms with Crippen molar-refractivity contribution in [2.75, 3.05) is 0 Å². The molecule has 0 unspecified atom stereocenters. The summed E-state index contributed by atoms with van der Waals surface area (Å²) in [6, 6.07) is 30.3. The Morgan fingerprint density at radius 3 is 1.60 bits per heavy atom. The smallest absolute Gasteiger partial charge is 0.0713 e. The van der Waals surface area contributed by atoms with Crippen LogP contribution in [0, 0.1) is 0 Å². The third-order valence-corrected chi connectivity index (χ3v) is 5.27. The van der Waals surface area contributed by atoms with Crippen LogP contribution in [0.4, 0.5) is 0 Å². The van der Waals surface area contributed by atoms with Crippen molar-refractivity contribution < 1.29 is 0 Å². The third kappa shape index (κ3) is 3.83. The number of rotatable bonds is 4. The second kappa shape index (κ2) is 11.2. The summed E-state index contributed by atoms with van der Waals surface area (Å²) in [7, 11) is 0. The van der Waals surface area contributed by atoms with Gasteiger partial charge in [-0.1, -0.05) is 137 Å². The Labute approximate surface area is 183 Å². The predicted molar refractivity (Wildman–Crippen MR) is 134 cm³/mol. The van der Waals surface area contributed by atoms with Gasteiger partial charge in [-0.25, -0.2) is 0 Å². The molecule has 3 aromatic rings. The fraction of sp³-hybridized carbons (Fsp3) is 0.200. The summed E-state index contributed by atoms with van der Waals surface area (Å²) in [4.78, 5) is 0. The molecule has 0 nitrogen and oxygen atoms in total. The molecule has 0 radical (unpaired) electrons. The zero-order valence-corrected chi connectivity index (χ0v) is 19.0. The normalized spacial score (nSPS) is 13.6. The van der Waals surface area contributed by atoms with Crippen molar-refractivity contribution in [3.8, 4) is 0 Å². The molecule has 0 heterocycles. The Kier molecular flexibility index (Phi) is 8.62. The standard InChI is InChI=1S/C26H22.2C2H6/c1-3-13-22-23-18-11-12-19-25(23)26(24(22)4-2,20-14-7-5-8-15-20)21-16-9-6-10-17-21;2*1-2/h3-19H,2H2,1H3;2*1-2H3/b13-3-;;. The van der Waals surface area contributed by atoms with Crippen LogP contribution in [0.3, 0.4) is 0 Å². The molecular weight excluding hydrogens is 360 g/mol. The maximum Gasteiger partial charge on any atom is 0.0713 e. The summed E-state index contributed by atoms with van der Waals surface area (Å²) in [6.45, 7) is 14.3. The Morgan fingerprint density at radius 2 is 1.13 bits per heavy atom. The number of benzene rings is 3. The summed E-state index contributed by atoms with van der Waals surface area (Å²) in [6.07, 6.45) is 6.36. The van der Waals surface area contributed by atoms with Gasteiger partial charge in [0.15, 0.2) is 0 Å². The van der Waals surface area contributed by atoms with Crippen molar-refractivity contribution in [2.24, 2.45) is 0 Å². The molecule has 0 heteroatoms. The lowest BCUT2D eigenvalue weighted by Crippen LogP contribution is -2.29. The molecule has 0 aromatic heterocycles. The first-order chi connectivity index (χ1) is 14.8. The van der Waals surface area contributed by atoms with Crippen LogP contribution in [-0.4, -0.2) is 0 Å². The zero-order chi connectivity index (χ0) is 22.0. The first kappa shape index (κ1) is 23.2. The molecule has 0 N–H and O–H groups in total. The molecule has 0 saturated heterocycles. The van der Waals surface area contributed by atoms with Gasteiger partial charge in [0.25, 0.3) is 0 Å². The van der Waals surface area contributed by atoms with Crippen LogP contribution in [0.25, 0.3) is 5.57 Å². The van der Waals surface area contributed by atoms with Gasteiger partial charge in [-0.3, -0.25) is 0 Å². The summed E-state index contributed by atoms with van der Waals surface area (Å²) in [5.41, 5.74) is 7.31. The largest absolute Gasteiger partial charge is 0.0987 e. The van der Waals surface area contributed by atoms with Crippen molar-refractivity contribution in [1.82, 2.24) is 0 Å². The molecule has 1 aliphatic rings. The second-order valence-electron chi connectivity index (χ2n) is 6.56. The highest BCUT2D eigenvalue weighted by atomic mass is 14.5. The van der Waals surface area contributed by atoms with E-state index in [4.69, 9.17) is 0 Å². The van der Waals surface area contributed by atoms with Gasteiger partial charge in [-0.05, 0) is 40.3 Å². The fourth-order valence-corrected chi connectivity index (χ4v) is 4.31. The minimum atomic E-state index is -0.338. The highest BCUT2D eigenvalue weighted by molar-refractivity contribution is 5.91. The maximum atomic E-state index is 4.21. The van der Waals surface area contributed by atoms with Crippen molar-refractivity contribution in [1.29, 1.82) is 0 Å². The van der Waals surface area contributed by atoms with Gasteiger partial charge in [-0.2, -0.15) is 0 Å². The van der Waals surface area contributed by atoms with Gasteiger partial charge in [-0.15, -0.1) is 0 Å². The lowest BCUT2D eigenvalue weighted by Gasteiger charge is -2.34. The minimum Gasteiger partial charge on any atom is -0.0987 e. The summed E-state index contributed by atoms with van der Waals surface area (Å²) in [5, 5.41) is 0. The Bertz CT molecular complexity index is 949. The van der Waals surface area contributed by atoms with Crippen LogP contribution >= 0.6 is 0 Å². The highest BCUT2D eigenvalue weighted by Gasteiger charge is 2.45. The number of allylic oxidation sites excluding steroid dienone is 5. The summed E-state index contributed by atoms with van der Waals surface area (Å²) in [5.74, 6) is 0. The first-order valence-corrected chi connectivity index (χ1v) is 11.0. The van der Waals surface area contributed by atoms with Crippen LogP contribution in [0.2, 0.25) is 0 Å². The predicted octanol–water partition coefficient (Wildman–Crippen LogP) is 8.60. The molecule has 0 amide bonds. The van der Waals surface area contributed by atoms with Crippen molar-refractivity contribution in [3.63, 3.8) is 0 Å². The molecule has 30 heavy (non-hydrogen) atoms. The molecule has 0 spiro atoms. The second-order valence-corrected chi connectivity index (χ2v) is 6.56. The van der Waals surface area contributed by atoms with E-state index in [2.05, 4.69) is 111 Å². The molecule has 0 aliphatic heterocycles. The van der Waals surface area contributed by atoms with E-state index in [1.54, 1.807) is 0 Å². The van der Waals surface area contributed by atoms with Gasteiger partial charge >= 0.3 is 0 Å². The molecular formula is C30H34. The number of hydrogen-bond acceptors (Lipinski definition) is 0. The Morgan fingerprint density at radius 1 is 0.667 bits per heavy atom. The zero-order valence-electron chi connectivity index (χ0n) is 19.0. The molecule has 0 bridgehead atoms. The third-order valence-electron chi connectivity index (χ3n) is 5.27. The maximum absolute atomic E-state index is 4.21. The number of hydrogen-bond donors (Lipinski definition) is 0. The Hall–Kier alpha value is -3.12. The lowest BCUT2D eigenvalue weighted by molar-refractivity contribution is 0.762. The lowest BCUT2D eigenvalue weighted by atomic mass is 9.67. The van der Waals surface area contributed by atoms with E-state index in [-0.39, 0.29) is 5.41 Å². The average molecular weight is 395 g/mol. The SMILES string of the molecule is C=CC1=C(/C=C\C)c2ccccc2C1(c1ccccc1)c1ccccc1.CC.CC. The summed E-state index contributed by atoms with van der Waals surface area (Å²) >= 11 is 0. The minimum absolute atomic E-state index is 0.338. The van der Waals surface area contributed by atoms with Crippen molar-refractivity contribution >= 4 is 5.57 Å². The van der Waals surface area contributed by atoms with Gasteiger partial charge in [0.1, 0.15) is 0 Å².